The van der Waals surface area contributed by atoms with E-state index in [1.165, 1.54) is 11.3 Å². The van der Waals surface area contributed by atoms with Gasteiger partial charge in [-0.25, -0.2) is 4.79 Å². The minimum absolute atomic E-state index is 0.107. The van der Waals surface area contributed by atoms with Crippen LogP contribution in [0.25, 0.3) is 0 Å². The zero-order chi connectivity index (χ0) is 16.3. The first kappa shape index (κ1) is 16.6. The third kappa shape index (κ3) is 3.36. The number of hydrogen-bond acceptors (Lipinski definition) is 5. The molecule has 118 valence electrons. The van der Waals surface area contributed by atoms with Crippen LogP contribution in [0.4, 0.5) is 0 Å². The molecule has 0 saturated carbocycles. The molecule has 0 radical (unpaired) electrons. The Morgan fingerprint density at radius 3 is 2.73 bits per heavy atom. The molecule has 7 heteroatoms. The molecule has 0 saturated heterocycles. The van der Waals surface area contributed by atoms with Gasteiger partial charge in [0.15, 0.2) is 10.9 Å². The number of nitrogens with one attached hydrogen (secondary N) is 2. The average molecular weight is 338 g/mol. The van der Waals surface area contributed by atoms with E-state index in [0.29, 0.717) is 10.7 Å². The van der Waals surface area contributed by atoms with Gasteiger partial charge in [0.25, 0.3) is 0 Å². The summed E-state index contributed by atoms with van der Waals surface area (Å²) in [6.45, 7) is 5.56. The lowest BCUT2D eigenvalue weighted by Crippen LogP contribution is -2.48. The van der Waals surface area contributed by atoms with E-state index in [1.54, 1.807) is 20.8 Å². The van der Waals surface area contributed by atoms with Crippen molar-refractivity contribution < 1.29 is 14.3 Å². The number of carbonyl (C=O) groups excluding carboxylic acids is 2. The fourth-order valence-electron chi connectivity index (χ4n) is 2.17. The maximum absolute atomic E-state index is 12.6. The van der Waals surface area contributed by atoms with E-state index < -0.39 is 12.0 Å². The molecule has 1 atom stereocenters. The smallest absolute Gasteiger partial charge is 0.355 e. The van der Waals surface area contributed by atoms with Crippen molar-refractivity contribution in [2.45, 2.75) is 26.8 Å². The third-order valence-corrected chi connectivity index (χ3v) is 4.33. The molecule has 0 unspecified atom stereocenters. The van der Waals surface area contributed by atoms with Crippen LogP contribution in [0.5, 0.6) is 0 Å². The Balaban J connectivity index is 2.56. The highest BCUT2D eigenvalue weighted by atomic mass is 32.1. The Labute approximate surface area is 138 Å². The van der Waals surface area contributed by atoms with E-state index in [9.17, 15) is 9.59 Å². The Hall–Kier alpha value is -1.73. The Morgan fingerprint density at radius 2 is 2.18 bits per heavy atom. The van der Waals surface area contributed by atoms with Gasteiger partial charge in [-0.05, 0) is 30.6 Å². The minimum atomic E-state index is -0.558. The van der Waals surface area contributed by atoms with E-state index >= 15 is 0 Å². The Morgan fingerprint density at radius 1 is 1.45 bits per heavy atom. The van der Waals surface area contributed by atoms with Crippen LogP contribution >= 0.6 is 23.6 Å². The largest absolute Gasteiger partial charge is 0.461 e. The van der Waals surface area contributed by atoms with Crippen LogP contribution in [-0.2, 0) is 14.3 Å². The number of thiophene rings is 1. The molecule has 2 N–H and O–H groups in total. The topological polar surface area (TPSA) is 67.4 Å². The number of ketones is 1. The molecule has 1 aliphatic rings. The molecular weight excluding hydrogens is 320 g/mol. The molecule has 0 aromatic carbocycles. The molecule has 22 heavy (non-hydrogen) atoms. The summed E-state index contributed by atoms with van der Waals surface area (Å²) in [5, 5.41) is 8.09. The van der Waals surface area contributed by atoms with Gasteiger partial charge >= 0.3 is 5.97 Å². The number of rotatable bonds is 5. The number of esters is 1. The Bertz CT molecular complexity index is 621. The van der Waals surface area contributed by atoms with Gasteiger partial charge in [0, 0.05) is 10.8 Å². The fraction of sp³-hybridized carbons (Fsp3) is 0.400. The summed E-state index contributed by atoms with van der Waals surface area (Å²) in [6, 6.07) is 3.38. The summed E-state index contributed by atoms with van der Waals surface area (Å²) < 4.78 is 5.06. The maximum atomic E-state index is 12.6. The van der Waals surface area contributed by atoms with Gasteiger partial charge in [-0.3, -0.25) is 4.79 Å². The van der Waals surface area contributed by atoms with Gasteiger partial charge in [0.05, 0.1) is 18.2 Å². The van der Waals surface area contributed by atoms with Crippen LogP contribution in [0, 0.1) is 5.92 Å². The second-order valence-corrected chi connectivity index (χ2v) is 6.46. The van der Waals surface area contributed by atoms with E-state index in [0.717, 1.165) is 4.88 Å². The van der Waals surface area contributed by atoms with Crippen LogP contribution in [0.2, 0.25) is 0 Å². The maximum Gasteiger partial charge on any atom is 0.355 e. The number of Topliss-reactive ketones (excluding diaryl/α,β-unsaturated/α-hetero) is 1. The number of hydrogen-bond donors (Lipinski definition) is 2. The van der Waals surface area contributed by atoms with Crippen molar-refractivity contribution in [1.29, 1.82) is 0 Å². The SMILES string of the molecule is CCOC(=O)C1=C(C(=O)C(C)C)[C@H](c2cccs2)NC(=S)N1. The van der Waals surface area contributed by atoms with Gasteiger partial charge in [-0.1, -0.05) is 19.9 Å². The molecule has 1 aromatic rings. The molecule has 0 aliphatic carbocycles. The molecule has 2 rings (SSSR count). The summed E-state index contributed by atoms with van der Waals surface area (Å²) in [5.74, 6) is -0.905. The van der Waals surface area contributed by atoms with E-state index in [4.69, 9.17) is 17.0 Å². The quantitative estimate of drug-likeness (QED) is 0.634. The van der Waals surface area contributed by atoms with Crippen molar-refractivity contribution >= 4 is 40.4 Å². The normalized spacial score (nSPS) is 18.0. The van der Waals surface area contributed by atoms with Crippen molar-refractivity contribution in [1.82, 2.24) is 10.6 Å². The lowest BCUT2D eigenvalue weighted by Gasteiger charge is -2.30. The first-order valence-electron chi connectivity index (χ1n) is 7.02. The first-order valence-corrected chi connectivity index (χ1v) is 8.30. The predicted octanol–water partition coefficient (Wildman–Crippen LogP) is 2.31. The van der Waals surface area contributed by atoms with Gasteiger partial charge in [-0.2, -0.15) is 0 Å². The van der Waals surface area contributed by atoms with Gasteiger partial charge in [0.2, 0.25) is 0 Å². The molecule has 1 aliphatic heterocycles. The molecule has 0 fully saturated rings. The number of ether oxygens (including phenoxy) is 1. The Kier molecular flexibility index (Phi) is 5.31. The number of carbonyl (C=O) groups is 2. The van der Waals surface area contributed by atoms with Gasteiger partial charge in [-0.15, -0.1) is 11.3 Å². The summed E-state index contributed by atoms with van der Waals surface area (Å²) in [4.78, 5) is 25.8. The molecular formula is C15H18N2O3S2. The fourth-order valence-corrected chi connectivity index (χ4v) is 3.18. The standard InChI is InChI=1S/C15H18N2O3S2/c1-4-20-14(19)12-10(13(18)8(2)3)11(16-15(21)17-12)9-6-5-7-22-9/h5-8,11H,4H2,1-3H3,(H2,16,17,21)/t11-/m0/s1. The van der Waals surface area contributed by atoms with Crippen LogP contribution in [-0.4, -0.2) is 23.5 Å². The van der Waals surface area contributed by atoms with Crippen molar-refractivity contribution in [2.24, 2.45) is 5.92 Å². The van der Waals surface area contributed by atoms with E-state index in [-0.39, 0.29) is 24.0 Å². The van der Waals surface area contributed by atoms with Crippen LogP contribution in [0.3, 0.4) is 0 Å². The zero-order valence-electron chi connectivity index (χ0n) is 12.6. The van der Waals surface area contributed by atoms with Crippen LogP contribution < -0.4 is 10.6 Å². The van der Waals surface area contributed by atoms with Crippen molar-refractivity contribution in [3.63, 3.8) is 0 Å². The first-order chi connectivity index (χ1) is 10.5. The monoisotopic (exact) mass is 338 g/mol. The molecule has 0 amide bonds. The van der Waals surface area contributed by atoms with E-state index in [2.05, 4.69) is 10.6 Å². The van der Waals surface area contributed by atoms with E-state index in [1.807, 2.05) is 17.5 Å². The van der Waals surface area contributed by atoms with Crippen LogP contribution in [0.1, 0.15) is 31.7 Å². The lowest BCUT2D eigenvalue weighted by atomic mass is 9.91. The summed E-state index contributed by atoms with van der Waals surface area (Å²) >= 11 is 6.67. The van der Waals surface area contributed by atoms with Crippen LogP contribution in [0.15, 0.2) is 28.8 Å². The minimum Gasteiger partial charge on any atom is -0.461 e. The molecule has 0 spiro atoms. The third-order valence-electron chi connectivity index (χ3n) is 3.17. The highest BCUT2D eigenvalue weighted by molar-refractivity contribution is 7.80. The molecule has 0 bridgehead atoms. The highest BCUT2D eigenvalue weighted by Crippen LogP contribution is 2.32. The summed E-state index contributed by atoms with van der Waals surface area (Å²) in [6.07, 6.45) is 0. The second kappa shape index (κ2) is 7.02. The van der Waals surface area contributed by atoms with Crippen molar-refractivity contribution in [3.8, 4) is 0 Å². The molecule has 1 aromatic heterocycles. The summed E-state index contributed by atoms with van der Waals surface area (Å²) in [7, 11) is 0. The average Bonchev–Trinajstić information content (AvgIpc) is 2.99. The van der Waals surface area contributed by atoms with Gasteiger partial charge < -0.3 is 15.4 Å². The summed E-state index contributed by atoms with van der Waals surface area (Å²) in [5.41, 5.74) is 0.521. The van der Waals surface area contributed by atoms with Crippen molar-refractivity contribution in [2.75, 3.05) is 6.61 Å². The predicted molar refractivity (Wildman–Crippen MR) is 89.4 cm³/mol. The zero-order valence-corrected chi connectivity index (χ0v) is 14.3. The molecule has 2 heterocycles. The van der Waals surface area contributed by atoms with Gasteiger partial charge in [0.1, 0.15) is 5.70 Å². The lowest BCUT2D eigenvalue weighted by molar-refractivity contribution is -0.139. The number of thiocarbonyl (C=S) groups is 1. The second-order valence-electron chi connectivity index (χ2n) is 5.07. The van der Waals surface area contributed by atoms with Crippen molar-refractivity contribution in [3.05, 3.63) is 33.7 Å². The molecule has 5 nitrogen and oxygen atoms in total. The highest BCUT2D eigenvalue weighted by Gasteiger charge is 2.36.